The van der Waals surface area contributed by atoms with Crippen LogP contribution in [0.5, 0.6) is 0 Å². The van der Waals surface area contributed by atoms with Crippen LogP contribution in [0.1, 0.15) is 5.69 Å². The fraction of sp³-hybridized carbons (Fsp3) is 0.0909. The molecule has 0 amide bonds. The van der Waals surface area contributed by atoms with Gasteiger partial charge in [0.15, 0.2) is 4.77 Å². The molecule has 2 rings (SSSR count). The molecule has 0 unspecified atom stereocenters. The van der Waals surface area contributed by atoms with Crippen LogP contribution in [0.25, 0.3) is 11.3 Å². The van der Waals surface area contributed by atoms with Crippen LogP contribution in [0, 0.1) is 11.7 Å². The highest BCUT2D eigenvalue weighted by atomic mass is 32.1. The van der Waals surface area contributed by atoms with E-state index in [4.69, 9.17) is 12.2 Å². The Hall–Kier alpha value is -1.48. The Balaban J connectivity index is 2.58. The summed E-state index contributed by atoms with van der Waals surface area (Å²) in [6, 6.07) is 12.0. The first kappa shape index (κ1) is 9.09. The first-order valence-corrected chi connectivity index (χ1v) is 4.80. The molecular formula is C11H10N2S. The molecule has 0 saturated heterocycles. The topological polar surface area (TPSA) is 28.7 Å². The number of benzene rings is 1. The molecule has 0 bridgehead atoms. The van der Waals surface area contributed by atoms with E-state index < -0.39 is 0 Å². The number of aromatic nitrogens is 2. The summed E-state index contributed by atoms with van der Waals surface area (Å²) in [5.41, 5.74) is 3.05. The molecule has 1 heterocycles. The molecule has 1 N–H and O–H groups in total. The van der Waals surface area contributed by atoms with Gasteiger partial charge in [-0.15, -0.1) is 0 Å². The number of hydrogen-bond acceptors (Lipinski definition) is 2. The van der Waals surface area contributed by atoms with Crippen molar-refractivity contribution in [2.75, 3.05) is 0 Å². The first-order chi connectivity index (χ1) is 6.75. The standard InChI is InChI=1S/C11H10N2S/c1-8-7-10(13-11(14)12-8)9-5-3-2-4-6-9/h2-7H,1H3,(H,12,13,14). The lowest BCUT2D eigenvalue weighted by Gasteiger charge is -2.01. The second-order valence-electron chi connectivity index (χ2n) is 3.12. The maximum atomic E-state index is 5.02. The van der Waals surface area contributed by atoms with Crippen molar-refractivity contribution >= 4 is 12.2 Å². The van der Waals surface area contributed by atoms with Crippen LogP contribution in [0.4, 0.5) is 0 Å². The largest absolute Gasteiger partial charge is 0.335 e. The van der Waals surface area contributed by atoms with Gasteiger partial charge in [-0.2, -0.15) is 0 Å². The fourth-order valence-corrected chi connectivity index (χ4v) is 1.60. The summed E-state index contributed by atoms with van der Waals surface area (Å²) in [5, 5.41) is 0. The molecular weight excluding hydrogens is 192 g/mol. The third-order valence-electron chi connectivity index (χ3n) is 1.95. The Kier molecular flexibility index (Phi) is 2.41. The van der Waals surface area contributed by atoms with Gasteiger partial charge in [-0.25, -0.2) is 4.98 Å². The Morgan fingerprint density at radius 3 is 2.57 bits per heavy atom. The number of rotatable bonds is 1. The van der Waals surface area contributed by atoms with Gasteiger partial charge in [0.25, 0.3) is 0 Å². The predicted molar refractivity (Wildman–Crippen MR) is 59.6 cm³/mol. The van der Waals surface area contributed by atoms with Crippen LogP contribution in [0.2, 0.25) is 0 Å². The molecule has 14 heavy (non-hydrogen) atoms. The quantitative estimate of drug-likeness (QED) is 0.720. The number of H-pyrrole nitrogens is 1. The minimum atomic E-state index is 0.531. The van der Waals surface area contributed by atoms with Gasteiger partial charge >= 0.3 is 0 Å². The SMILES string of the molecule is Cc1cc(-c2ccccc2)nc(=S)[nH]1. The highest BCUT2D eigenvalue weighted by Crippen LogP contribution is 2.15. The van der Waals surface area contributed by atoms with Gasteiger partial charge < -0.3 is 4.98 Å². The van der Waals surface area contributed by atoms with Crippen LogP contribution in [-0.4, -0.2) is 9.97 Å². The summed E-state index contributed by atoms with van der Waals surface area (Å²) in [4.78, 5) is 7.25. The monoisotopic (exact) mass is 202 g/mol. The summed E-state index contributed by atoms with van der Waals surface area (Å²) in [6.45, 7) is 1.98. The molecule has 0 spiro atoms. The maximum Gasteiger partial charge on any atom is 0.197 e. The highest BCUT2D eigenvalue weighted by Gasteiger charge is 1.98. The summed E-state index contributed by atoms with van der Waals surface area (Å²) >= 11 is 5.02. The molecule has 2 aromatic rings. The average molecular weight is 202 g/mol. The van der Waals surface area contributed by atoms with Crippen LogP contribution in [-0.2, 0) is 0 Å². The number of nitrogens with one attached hydrogen (secondary N) is 1. The highest BCUT2D eigenvalue weighted by molar-refractivity contribution is 7.71. The number of hydrogen-bond donors (Lipinski definition) is 1. The van der Waals surface area contributed by atoms with Crippen molar-refractivity contribution in [2.24, 2.45) is 0 Å². The van der Waals surface area contributed by atoms with E-state index in [1.54, 1.807) is 0 Å². The van der Waals surface area contributed by atoms with Crippen LogP contribution < -0.4 is 0 Å². The third-order valence-corrected chi connectivity index (χ3v) is 2.14. The molecule has 2 nitrogen and oxygen atoms in total. The lowest BCUT2D eigenvalue weighted by Crippen LogP contribution is -1.89. The molecule has 0 radical (unpaired) electrons. The van der Waals surface area contributed by atoms with Gasteiger partial charge in [0.1, 0.15) is 0 Å². The van der Waals surface area contributed by atoms with E-state index in [2.05, 4.69) is 9.97 Å². The Morgan fingerprint density at radius 2 is 1.93 bits per heavy atom. The normalized spacial score (nSPS) is 10.1. The lowest BCUT2D eigenvalue weighted by atomic mass is 10.1. The second kappa shape index (κ2) is 3.72. The van der Waals surface area contributed by atoms with Crippen LogP contribution >= 0.6 is 12.2 Å². The van der Waals surface area contributed by atoms with Gasteiger partial charge in [-0.1, -0.05) is 30.3 Å². The summed E-state index contributed by atoms with van der Waals surface area (Å²) in [5.74, 6) is 0. The average Bonchev–Trinajstić information content (AvgIpc) is 2.18. The van der Waals surface area contributed by atoms with Gasteiger partial charge in [0.2, 0.25) is 0 Å². The molecule has 70 valence electrons. The van der Waals surface area contributed by atoms with Crippen LogP contribution in [0.15, 0.2) is 36.4 Å². The van der Waals surface area contributed by atoms with Crippen molar-refractivity contribution < 1.29 is 0 Å². The fourth-order valence-electron chi connectivity index (χ4n) is 1.34. The summed E-state index contributed by atoms with van der Waals surface area (Å²) in [6.07, 6.45) is 0. The maximum absolute atomic E-state index is 5.02. The van der Waals surface area contributed by atoms with E-state index in [1.165, 1.54) is 0 Å². The van der Waals surface area contributed by atoms with Crippen molar-refractivity contribution in [2.45, 2.75) is 6.92 Å². The Bertz CT molecular complexity index is 488. The van der Waals surface area contributed by atoms with E-state index in [0.717, 1.165) is 17.0 Å². The smallest absolute Gasteiger partial charge is 0.197 e. The molecule has 1 aromatic heterocycles. The van der Waals surface area contributed by atoms with E-state index in [0.29, 0.717) is 4.77 Å². The number of nitrogens with zero attached hydrogens (tertiary/aromatic N) is 1. The van der Waals surface area contributed by atoms with Crippen LogP contribution in [0.3, 0.4) is 0 Å². The third kappa shape index (κ3) is 1.88. The Labute approximate surface area is 87.7 Å². The number of aryl methyl sites for hydroxylation is 1. The zero-order valence-corrected chi connectivity index (χ0v) is 8.64. The minimum Gasteiger partial charge on any atom is -0.335 e. The van der Waals surface area contributed by atoms with E-state index >= 15 is 0 Å². The molecule has 1 aromatic carbocycles. The zero-order valence-electron chi connectivity index (χ0n) is 7.82. The molecule has 3 heteroatoms. The molecule has 0 aliphatic heterocycles. The minimum absolute atomic E-state index is 0.531. The van der Waals surface area contributed by atoms with E-state index in [1.807, 2.05) is 43.3 Å². The second-order valence-corrected chi connectivity index (χ2v) is 3.51. The molecule has 0 aliphatic rings. The zero-order chi connectivity index (χ0) is 9.97. The first-order valence-electron chi connectivity index (χ1n) is 4.39. The van der Waals surface area contributed by atoms with Crippen molar-refractivity contribution in [3.8, 4) is 11.3 Å². The summed E-state index contributed by atoms with van der Waals surface area (Å²) in [7, 11) is 0. The molecule has 0 fully saturated rings. The van der Waals surface area contributed by atoms with Gasteiger partial charge in [-0.3, -0.25) is 0 Å². The van der Waals surface area contributed by atoms with Gasteiger partial charge in [-0.05, 0) is 25.2 Å². The van der Waals surface area contributed by atoms with Crippen molar-refractivity contribution in [3.63, 3.8) is 0 Å². The van der Waals surface area contributed by atoms with Gasteiger partial charge in [0.05, 0.1) is 5.69 Å². The van der Waals surface area contributed by atoms with E-state index in [9.17, 15) is 0 Å². The van der Waals surface area contributed by atoms with E-state index in [-0.39, 0.29) is 0 Å². The molecule has 0 saturated carbocycles. The van der Waals surface area contributed by atoms with Crippen molar-refractivity contribution in [1.29, 1.82) is 0 Å². The van der Waals surface area contributed by atoms with Crippen molar-refractivity contribution in [3.05, 3.63) is 46.9 Å². The summed E-state index contributed by atoms with van der Waals surface area (Å²) < 4.78 is 0.531. The lowest BCUT2D eigenvalue weighted by molar-refractivity contribution is 1.08. The Morgan fingerprint density at radius 1 is 1.21 bits per heavy atom. The van der Waals surface area contributed by atoms with Gasteiger partial charge in [0, 0.05) is 11.3 Å². The molecule has 0 atom stereocenters. The molecule has 0 aliphatic carbocycles. The van der Waals surface area contributed by atoms with Crippen molar-refractivity contribution in [1.82, 2.24) is 9.97 Å². The predicted octanol–water partition coefficient (Wildman–Crippen LogP) is 3.11. The number of aromatic amines is 1.